The zero-order valence-electron chi connectivity index (χ0n) is 10.1. The summed E-state index contributed by atoms with van der Waals surface area (Å²) in [5, 5.41) is 9.00. The third-order valence-electron chi connectivity index (χ3n) is 2.55. The lowest BCUT2D eigenvalue weighted by atomic mass is 10.2. The van der Waals surface area contributed by atoms with E-state index in [1.807, 2.05) is 0 Å². The van der Waals surface area contributed by atoms with Gasteiger partial charge in [0.2, 0.25) is 10.0 Å². The number of aliphatic hydroxyl groups excluding tert-OH is 1. The molecule has 1 atom stereocenters. The van der Waals surface area contributed by atoms with Crippen molar-refractivity contribution in [2.45, 2.75) is 10.9 Å². The molecule has 108 valence electrons. The molecule has 0 radical (unpaired) electrons. The highest BCUT2D eigenvalue weighted by atomic mass is 35.5. The third kappa shape index (κ3) is 3.18. The van der Waals surface area contributed by atoms with Crippen LogP contribution in [0.15, 0.2) is 45.9 Å². The quantitative estimate of drug-likeness (QED) is 0.884. The number of halogens is 2. The van der Waals surface area contributed by atoms with Gasteiger partial charge in [-0.15, -0.1) is 0 Å². The van der Waals surface area contributed by atoms with Crippen LogP contribution in [0, 0.1) is 5.82 Å². The van der Waals surface area contributed by atoms with Crippen LogP contribution in [0.5, 0.6) is 0 Å². The summed E-state index contributed by atoms with van der Waals surface area (Å²) in [6.45, 7) is -0.494. The van der Waals surface area contributed by atoms with Gasteiger partial charge in [0.1, 0.15) is 22.5 Å². The van der Waals surface area contributed by atoms with Gasteiger partial charge in [-0.2, -0.15) is 4.72 Å². The van der Waals surface area contributed by atoms with Crippen molar-refractivity contribution in [1.82, 2.24) is 4.72 Å². The van der Waals surface area contributed by atoms with Gasteiger partial charge < -0.3 is 9.52 Å². The van der Waals surface area contributed by atoms with E-state index in [1.54, 1.807) is 6.07 Å². The number of furan rings is 1. The minimum absolute atomic E-state index is 0.242. The summed E-state index contributed by atoms with van der Waals surface area (Å²) in [7, 11) is -4.01. The van der Waals surface area contributed by atoms with E-state index in [9.17, 15) is 17.9 Å². The van der Waals surface area contributed by atoms with Crippen LogP contribution in [-0.4, -0.2) is 20.1 Å². The molecular weight excluding hydrogens is 309 g/mol. The van der Waals surface area contributed by atoms with Crippen molar-refractivity contribution < 1.29 is 22.3 Å². The molecule has 0 aliphatic rings. The first-order chi connectivity index (χ1) is 9.44. The Morgan fingerprint density at radius 1 is 1.40 bits per heavy atom. The Balaban J connectivity index is 2.31. The smallest absolute Gasteiger partial charge is 0.242 e. The van der Waals surface area contributed by atoms with Crippen molar-refractivity contribution in [3.05, 3.63) is 53.2 Å². The summed E-state index contributed by atoms with van der Waals surface area (Å²) >= 11 is 5.72. The van der Waals surface area contributed by atoms with Gasteiger partial charge in [-0.1, -0.05) is 11.6 Å². The molecule has 0 fully saturated rings. The van der Waals surface area contributed by atoms with Crippen LogP contribution >= 0.6 is 11.6 Å². The van der Waals surface area contributed by atoms with E-state index in [0.29, 0.717) is 0 Å². The van der Waals surface area contributed by atoms with Crippen molar-refractivity contribution in [1.29, 1.82) is 0 Å². The fourth-order valence-electron chi connectivity index (χ4n) is 1.62. The van der Waals surface area contributed by atoms with Crippen LogP contribution in [0.1, 0.15) is 11.8 Å². The van der Waals surface area contributed by atoms with Gasteiger partial charge in [0.15, 0.2) is 0 Å². The lowest BCUT2D eigenvalue weighted by Gasteiger charge is -2.15. The van der Waals surface area contributed by atoms with Crippen molar-refractivity contribution in [3.8, 4) is 0 Å². The van der Waals surface area contributed by atoms with Gasteiger partial charge in [0.25, 0.3) is 0 Å². The second kappa shape index (κ2) is 5.92. The summed E-state index contributed by atoms with van der Waals surface area (Å²) < 4.78 is 44.5. The van der Waals surface area contributed by atoms with Crippen LogP contribution < -0.4 is 4.72 Å². The maximum atomic E-state index is 12.9. The first-order valence-electron chi connectivity index (χ1n) is 5.55. The molecule has 1 aromatic carbocycles. The largest absolute Gasteiger partial charge is 0.468 e. The van der Waals surface area contributed by atoms with Gasteiger partial charge in [-0.3, -0.25) is 0 Å². The first-order valence-corrected chi connectivity index (χ1v) is 7.42. The van der Waals surface area contributed by atoms with E-state index in [4.69, 9.17) is 16.0 Å². The Kier molecular flexibility index (Phi) is 4.44. The first kappa shape index (κ1) is 15.0. The van der Waals surface area contributed by atoms with Crippen molar-refractivity contribution in [3.63, 3.8) is 0 Å². The molecule has 0 saturated heterocycles. The summed E-state index contributed by atoms with van der Waals surface area (Å²) in [4.78, 5) is -0.273. The molecule has 0 spiro atoms. The number of benzene rings is 1. The van der Waals surface area contributed by atoms with Gasteiger partial charge in [0.05, 0.1) is 17.9 Å². The van der Waals surface area contributed by atoms with E-state index in [1.165, 1.54) is 12.3 Å². The maximum Gasteiger partial charge on any atom is 0.242 e. The van der Waals surface area contributed by atoms with E-state index in [-0.39, 0.29) is 15.7 Å². The predicted octanol–water partition coefficient (Wildman–Crippen LogP) is 2.08. The number of hydrogen-bond donors (Lipinski definition) is 2. The van der Waals surface area contributed by atoms with Gasteiger partial charge in [0, 0.05) is 0 Å². The molecule has 8 heteroatoms. The molecule has 1 aromatic heterocycles. The second-order valence-corrected chi connectivity index (χ2v) is 6.04. The standard InChI is InChI=1S/C12H11ClFNO4S/c13-9-6-8(14)3-4-12(9)20(17,18)15-10(7-16)11-2-1-5-19-11/h1-6,10,15-16H,7H2. The molecule has 0 amide bonds. The highest BCUT2D eigenvalue weighted by Crippen LogP contribution is 2.24. The number of rotatable bonds is 5. The van der Waals surface area contributed by atoms with Crippen LogP contribution in [0.3, 0.4) is 0 Å². The normalized spacial score (nSPS) is 13.3. The summed E-state index contributed by atoms with van der Waals surface area (Å²) in [6, 6.07) is 5.08. The van der Waals surface area contributed by atoms with Crippen LogP contribution in [0.4, 0.5) is 4.39 Å². The van der Waals surface area contributed by atoms with E-state index >= 15 is 0 Å². The zero-order valence-corrected chi connectivity index (χ0v) is 11.7. The van der Waals surface area contributed by atoms with Crippen LogP contribution in [0.2, 0.25) is 5.02 Å². The SMILES string of the molecule is O=S(=O)(NC(CO)c1ccco1)c1ccc(F)cc1Cl. The number of nitrogens with one attached hydrogen (secondary N) is 1. The minimum Gasteiger partial charge on any atom is -0.468 e. The summed E-state index contributed by atoms with van der Waals surface area (Å²) in [6.07, 6.45) is 1.36. The Bertz CT molecular complexity index is 687. The van der Waals surface area contributed by atoms with Gasteiger partial charge >= 0.3 is 0 Å². The minimum atomic E-state index is -4.01. The molecule has 1 heterocycles. The highest BCUT2D eigenvalue weighted by Gasteiger charge is 2.24. The van der Waals surface area contributed by atoms with Gasteiger partial charge in [-0.25, -0.2) is 12.8 Å². The lowest BCUT2D eigenvalue weighted by molar-refractivity contribution is 0.242. The predicted molar refractivity (Wildman–Crippen MR) is 70.3 cm³/mol. The molecule has 2 aromatic rings. The monoisotopic (exact) mass is 319 g/mol. The van der Waals surface area contributed by atoms with Crippen molar-refractivity contribution in [2.24, 2.45) is 0 Å². The Morgan fingerprint density at radius 3 is 2.70 bits per heavy atom. The zero-order chi connectivity index (χ0) is 14.8. The average molecular weight is 320 g/mol. The molecule has 2 rings (SSSR count). The lowest BCUT2D eigenvalue weighted by Crippen LogP contribution is -2.30. The van der Waals surface area contributed by atoms with Crippen molar-refractivity contribution in [2.75, 3.05) is 6.61 Å². The molecule has 20 heavy (non-hydrogen) atoms. The summed E-state index contributed by atoms with van der Waals surface area (Å²) in [5.74, 6) is -0.381. The fraction of sp³-hybridized carbons (Fsp3) is 0.167. The van der Waals surface area contributed by atoms with E-state index < -0.39 is 28.5 Å². The second-order valence-electron chi connectivity index (χ2n) is 3.95. The molecule has 5 nitrogen and oxygen atoms in total. The van der Waals surface area contributed by atoms with E-state index in [2.05, 4.69) is 4.72 Å². The Morgan fingerprint density at radius 2 is 2.15 bits per heavy atom. The third-order valence-corrected chi connectivity index (χ3v) is 4.50. The van der Waals surface area contributed by atoms with Gasteiger partial charge in [-0.05, 0) is 30.3 Å². The Hall–Kier alpha value is -1.41. The highest BCUT2D eigenvalue weighted by molar-refractivity contribution is 7.89. The van der Waals surface area contributed by atoms with E-state index in [0.717, 1.165) is 18.2 Å². The maximum absolute atomic E-state index is 12.9. The molecule has 1 unspecified atom stereocenters. The number of aliphatic hydroxyl groups is 1. The molecular formula is C12H11ClFNO4S. The Labute approximate surface area is 120 Å². The fourth-order valence-corrected chi connectivity index (χ4v) is 3.35. The van der Waals surface area contributed by atoms with Crippen LogP contribution in [-0.2, 0) is 10.0 Å². The molecule has 0 aliphatic heterocycles. The molecule has 0 saturated carbocycles. The summed E-state index contributed by atoms with van der Waals surface area (Å²) in [5.41, 5.74) is 0. The van der Waals surface area contributed by atoms with Crippen LogP contribution in [0.25, 0.3) is 0 Å². The number of hydrogen-bond acceptors (Lipinski definition) is 4. The van der Waals surface area contributed by atoms with Crippen molar-refractivity contribution >= 4 is 21.6 Å². The number of sulfonamides is 1. The molecule has 0 bridgehead atoms. The molecule has 2 N–H and O–H groups in total. The average Bonchev–Trinajstić information content (AvgIpc) is 2.89. The topological polar surface area (TPSA) is 79.5 Å². The molecule has 0 aliphatic carbocycles.